The summed E-state index contributed by atoms with van der Waals surface area (Å²) in [6.45, 7) is 0. The Labute approximate surface area is 219 Å². The Hall–Kier alpha value is -5.29. The SMILES string of the molecule is c1cc(-c2nccc(-c3ccc4ccccc4c3)n2)nc(-c2nccc(-c3ccc4ccccc4c3)n2)c1. The number of aromatic nitrogens is 5. The molecule has 0 unspecified atom stereocenters. The second kappa shape index (κ2) is 9.30. The smallest absolute Gasteiger partial charge is 0.178 e. The molecule has 0 aliphatic rings. The lowest BCUT2D eigenvalue weighted by Gasteiger charge is -2.08. The van der Waals surface area contributed by atoms with Gasteiger partial charge in [0.1, 0.15) is 11.4 Å². The van der Waals surface area contributed by atoms with E-state index >= 15 is 0 Å². The maximum absolute atomic E-state index is 4.83. The lowest BCUT2D eigenvalue weighted by molar-refractivity contribution is 1.11. The van der Waals surface area contributed by atoms with Gasteiger partial charge in [-0.25, -0.2) is 24.9 Å². The second-order valence-corrected chi connectivity index (χ2v) is 9.06. The van der Waals surface area contributed by atoms with Gasteiger partial charge < -0.3 is 0 Å². The third-order valence-electron chi connectivity index (χ3n) is 6.61. The van der Waals surface area contributed by atoms with E-state index < -0.39 is 0 Å². The van der Waals surface area contributed by atoms with E-state index in [1.54, 1.807) is 12.4 Å². The van der Waals surface area contributed by atoms with Crippen molar-refractivity contribution < 1.29 is 0 Å². The zero-order valence-electron chi connectivity index (χ0n) is 20.4. The molecule has 0 spiro atoms. The van der Waals surface area contributed by atoms with Crippen LogP contribution in [0.3, 0.4) is 0 Å². The summed E-state index contributed by atoms with van der Waals surface area (Å²) in [7, 11) is 0. The largest absolute Gasteiger partial charge is 0.241 e. The highest BCUT2D eigenvalue weighted by molar-refractivity contribution is 5.87. The predicted molar refractivity (Wildman–Crippen MR) is 152 cm³/mol. The number of rotatable bonds is 4. The van der Waals surface area contributed by atoms with E-state index in [0.717, 1.165) is 22.5 Å². The van der Waals surface area contributed by atoms with E-state index in [-0.39, 0.29) is 0 Å². The van der Waals surface area contributed by atoms with Crippen molar-refractivity contribution >= 4 is 21.5 Å². The summed E-state index contributed by atoms with van der Waals surface area (Å²) in [5.41, 5.74) is 5.12. The molecule has 7 rings (SSSR count). The van der Waals surface area contributed by atoms with Gasteiger partial charge in [0.25, 0.3) is 0 Å². The van der Waals surface area contributed by atoms with Crippen LogP contribution in [0.2, 0.25) is 0 Å². The van der Waals surface area contributed by atoms with Crippen molar-refractivity contribution in [2.24, 2.45) is 0 Å². The number of nitrogens with zero attached hydrogens (tertiary/aromatic N) is 5. The summed E-state index contributed by atoms with van der Waals surface area (Å²) in [6.07, 6.45) is 3.55. The fourth-order valence-electron chi connectivity index (χ4n) is 4.67. The molecule has 0 aliphatic carbocycles. The van der Waals surface area contributed by atoms with Crippen molar-refractivity contribution in [2.45, 2.75) is 0 Å². The van der Waals surface area contributed by atoms with Crippen LogP contribution >= 0.6 is 0 Å². The summed E-state index contributed by atoms with van der Waals surface area (Å²) >= 11 is 0. The topological polar surface area (TPSA) is 64.5 Å². The van der Waals surface area contributed by atoms with Gasteiger partial charge in [-0.15, -0.1) is 0 Å². The van der Waals surface area contributed by atoms with E-state index in [0.29, 0.717) is 23.0 Å². The van der Waals surface area contributed by atoms with Gasteiger partial charge in [0.15, 0.2) is 11.6 Å². The average Bonchev–Trinajstić information content (AvgIpc) is 3.01. The van der Waals surface area contributed by atoms with Crippen LogP contribution in [-0.2, 0) is 0 Å². The van der Waals surface area contributed by atoms with Crippen LogP contribution in [0.5, 0.6) is 0 Å². The molecule has 0 aliphatic heterocycles. The summed E-state index contributed by atoms with van der Waals surface area (Å²) < 4.78 is 0. The van der Waals surface area contributed by atoms with Gasteiger partial charge in [-0.2, -0.15) is 0 Å². The van der Waals surface area contributed by atoms with Gasteiger partial charge in [0.2, 0.25) is 0 Å². The minimum atomic E-state index is 0.559. The van der Waals surface area contributed by atoms with Gasteiger partial charge in [0, 0.05) is 23.5 Å². The number of pyridine rings is 1. The Balaban J connectivity index is 1.23. The van der Waals surface area contributed by atoms with Crippen LogP contribution in [0.15, 0.2) is 128 Å². The summed E-state index contributed by atoms with van der Waals surface area (Å²) in [5.74, 6) is 1.12. The molecule has 0 saturated carbocycles. The first kappa shape index (κ1) is 21.9. The molecule has 0 radical (unpaired) electrons. The fourth-order valence-corrected chi connectivity index (χ4v) is 4.67. The van der Waals surface area contributed by atoms with Crippen molar-refractivity contribution in [3.05, 3.63) is 128 Å². The Morgan fingerprint density at radius 2 is 0.816 bits per heavy atom. The zero-order chi connectivity index (χ0) is 25.3. The summed E-state index contributed by atoms with van der Waals surface area (Å²) in [4.78, 5) is 23.5. The van der Waals surface area contributed by atoms with Gasteiger partial charge in [-0.05, 0) is 57.9 Å². The number of benzene rings is 4. The second-order valence-electron chi connectivity index (χ2n) is 9.06. The molecule has 4 aromatic carbocycles. The Morgan fingerprint density at radius 3 is 1.32 bits per heavy atom. The molecule has 3 aromatic heterocycles. The lowest BCUT2D eigenvalue weighted by atomic mass is 10.0. The molecular weight excluding hydrogens is 466 g/mol. The fraction of sp³-hybridized carbons (Fsp3) is 0. The number of hydrogen-bond acceptors (Lipinski definition) is 5. The molecule has 0 N–H and O–H groups in total. The van der Waals surface area contributed by atoms with E-state index in [4.69, 9.17) is 15.0 Å². The maximum atomic E-state index is 4.83. The van der Waals surface area contributed by atoms with Crippen LogP contribution in [0, 0.1) is 0 Å². The zero-order valence-corrected chi connectivity index (χ0v) is 20.4. The van der Waals surface area contributed by atoms with Crippen molar-refractivity contribution in [3.8, 4) is 45.6 Å². The normalized spacial score (nSPS) is 11.2. The molecule has 38 heavy (non-hydrogen) atoms. The van der Waals surface area contributed by atoms with Crippen molar-refractivity contribution in [3.63, 3.8) is 0 Å². The van der Waals surface area contributed by atoms with Crippen LogP contribution in [0.4, 0.5) is 0 Å². The molecule has 3 heterocycles. The average molecular weight is 488 g/mol. The molecule has 0 amide bonds. The third-order valence-corrected chi connectivity index (χ3v) is 6.61. The standard InChI is InChI=1S/C33H21N5/c1-3-8-24-20-26(14-12-22(24)6-1)28-16-18-34-32(37-28)30-10-5-11-31(36-30)33-35-19-17-29(38-33)27-15-13-23-7-2-4-9-25(23)21-27/h1-21H. The lowest BCUT2D eigenvalue weighted by Crippen LogP contribution is -1.97. The number of fused-ring (bicyclic) bond motifs is 2. The maximum Gasteiger partial charge on any atom is 0.178 e. The highest BCUT2D eigenvalue weighted by atomic mass is 14.9. The Morgan fingerprint density at radius 1 is 0.342 bits per heavy atom. The van der Waals surface area contributed by atoms with Crippen LogP contribution in [-0.4, -0.2) is 24.9 Å². The first-order chi connectivity index (χ1) is 18.8. The van der Waals surface area contributed by atoms with E-state index in [1.807, 2.05) is 54.6 Å². The van der Waals surface area contributed by atoms with Crippen molar-refractivity contribution in [1.82, 2.24) is 24.9 Å². The predicted octanol–water partition coefficient (Wildman–Crippen LogP) is 7.64. The first-order valence-corrected chi connectivity index (χ1v) is 12.4. The summed E-state index contributed by atoms with van der Waals surface area (Å²) in [6, 6.07) is 38.9. The van der Waals surface area contributed by atoms with Crippen LogP contribution < -0.4 is 0 Å². The van der Waals surface area contributed by atoms with Gasteiger partial charge in [0.05, 0.1) is 11.4 Å². The minimum absolute atomic E-state index is 0.559. The molecular formula is C33H21N5. The summed E-state index contributed by atoms with van der Waals surface area (Å²) in [5, 5.41) is 4.75. The molecule has 5 heteroatoms. The molecule has 178 valence electrons. The molecule has 0 atom stereocenters. The van der Waals surface area contributed by atoms with Crippen molar-refractivity contribution in [2.75, 3.05) is 0 Å². The molecule has 5 nitrogen and oxygen atoms in total. The molecule has 0 saturated heterocycles. The van der Waals surface area contributed by atoms with E-state index in [9.17, 15) is 0 Å². The molecule has 7 aromatic rings. The van der Waals surface area contributed by atoms with Crippen LogP contribution in [0.1, 0.15) is 0 Å². The van der Waals surface area contributed by atoms with Crippen LogP contribution in [0.25, 0.3) is 67.1 Å². The highest BCUT2D eigenvalue weighted by Crippen LogP contribution is 2.27. The van der Waals surface area contributed by atoms with E-state index in [2.05, 4.69) is 70.6 Å². The first-order valence-electron chi connectivity index (χ1n) is 12.4. The van der Waals surface area contributed by atoms with Gasteiger partial charge in [-0.1, -0.05) is 78.9 Å². The van der Waals surface area contributed by atoms with Crippen molar-refractivity contribution in [1.29, 1.82) is 0 Å². The highest BCUT2D eigenvalue weighted by Gasteiger charge is 2.11. The van der Waals surface area contributed by atoms with Gasteiger partial charge >= 0.3 is 0 Å². The van der Waals surface area contributed by atoms with Gasteiger partial charge in [-0.3, -0.25) is 0 Å². The quantitative estimate of drug-likeness (QED) is 0.255. The monoisotopic (exact) mass is 487 g/mol. The Kier molecular flexibility index (Phi) is 5.37. The molecule has 0 bridgehead atoms. The minimum Gasteiger partial charge on any atom is -0.241 e. The Bertz CT molecular complexity index is 1810. The third kappa shape index (κ3) is 4.16. The molecule has 0 fully saturated rings. The number of hydrogen-bond donors (Lipinski definition) is 0. The van der Waals surface area contributed by atoms with E-state index in [1.165, 1.54) is 21.5 Å².